The summed E-state index contributed by atoms with van der Waals surface area (Å²) in [7, 11) is 0. The maximum absolute atomic E-state index is 13.2. The molecule has 1 aromatic rings. The van der Waals surface area contributed by atoms with E-state index >= 15 is 0 Å². The predicted molar refractivity (Wildman–Crippen MR) is 86.4 cm³/mol. The van der Waals surface area contributed by atoms with Gasteiger partial charge in [-0.25, -0.2) is 0 Å². The number of carbonyl (C=O) groups is 2. The van der Waals surface area contributed by atoms with Crippen molar-refractivity contribution in [1.29, 1.82) is 0 Å². The lowest BCUT2D eigenvalue weighted by atomic mass is 9.88. The minimum Gasteiger partial charge on any atom is -0.304 e. The molecule has 3 rings (SSSR count). The number of rotatable bonds is 3. The predicted octanol–water partition coefficient (Wildman–Crippen LogP) is 3.40. The molecule has 2 atom stereocenters. The average molecular weight is 346 g/mol. The van der Waals surface area contributed by atoms with Crippen molar-refractivity contribution in [3.63, 3.8) is 0 Å². The molecule has 0 bridgehead atoms. The van der Waals surface area contributed by atoms with E-state index in [1.165, 1.54) is 24.3 Å². The lowest BCUT2D eigenvalue weighted by Gasteiger charge is -2.38. The molecule has 2 aliphatic rings. The third-order valence-electron chi connectivity index (χ3n) is 3.40. The van der Waals surface area contributed by atoms with E-state index in [0.717, 1.165) is 0 Å². The zero-order valence-corrected chi connectivity index (χ0v) is 12.8. The van der Waals surface area contributed by atoms with Gasteiger partial charge in [0, 0.05) is 17.4 Å². The van der Waals surface area contributed by atoms with E-state index in [0.29, 0.717) is 9.92 Å². The van der Waals surface area contributed by atoms with E-state index in [2.05, 4.69) is 4.99 Å². The Bertz CT molecular complexity index is 907. The number of hydrogen-bond acceptors (Lipinski definition) is 3. The molecule has 1 heterocycles. The minimum absolute atomic E-state index is 0.198. The van der Waals surface area contributed by atoms with Gasteiger partial charge < -0.3 is 4.90 Å². The van der Waals surface area contributed by atoms with Crippen LogP contribution in [0.1, 0.15) is 47.1 Å². The lowest BCUT2D eigenvalue weighted by Crippen LogP contribution is -2.49. The van der Waals surface area contributed by atoms with Crippen molar-refractivity contribution < 1.29 is 19.2 Å². The molecule has 1 aliphatic heterocycles. The van der Waals surface area contributed by atoms with Gasteiger partial charge in [0.1, 0.15) is 11.4 Å². The van der Waals surface area contributed by atoms with Crippen LogP contribution in [-0.2, 0) is 9.59 Å². The zero-order chi connectivity index (χ0) is 22.0. The Labute approximate surface area is 148 Å². The second kappa shape index (κ2) is 6.01. The number of amides is 1. The molecule has 1 aliphatic carbocycles. The topological polar surface area (TPSA) is 49.7 Å². The SMILES string of the molecule is [2H]C1CCC2(N=C(c3ccc(Cl)cc3)C(=O)N2C([2H])([2H])C(=O)Cl)C([2H])([2H])C1([2H])[2H]. The number of nitrogens with zero attached hydrogens (tertiary/aromatic N) is 2. The molecule has 22 heavy (non-hydrogen) atoms. The largest absolute Gasteiger partial charge is 0.304 e. The second-order valence-electron chi connectivity index (χ2n) is 4.82. The fourth-order valence-electron chi connectivity index (χ4n) is 2.41. The number of hydrogen-bond donors (Lipinski definition) is 0. The minimum atomic E-state index is -3.16. The third kappa shape index (κ3) is 2.77. The first-order valence-corrected chi connectivity index (χ1v) is 7.28. The van der Waals surface area contributed by atoms with Gasteiger partial charge in [0.25, 0.3) is 5.91 Å². The van der Waals surface area contributed by atoms with Gasteiger partial charge >= 0.3 is 0 Å². The molecule has 0 N–H and O–H groups in total. The number of benzene rings is 1. The van der Waals surface area contributed by atoms with Crippen LogP contribution in [0.25, 0.3) is 0 Å². The van der Waals surface area contributed by atoms with Crippen LogP contribution in [0.4, 0.5) is 0 Å². The highest BCUT2D eigenvalue weighted by Gasteiger charge is 2.48. The molecule has 4 nitrogen and oxygen atoms in total. The highest BCUT2D eigenvalue weighted by molar-refractivity contribution is 6.64. The van der Waals surface area contributed by atoms with Gasteiger partial charge in [0.2, 0.25) is 5.24 Å². The summed E-state index contributed by atoms with van der Waals surface area (Å²) in [6.07, 6.45) is -7.81. The highest BCUT2D eigenvalue weighted by atomic mass is 35.5. The quantitative estimate of drug-likeness (QED) is 0.788. The van der Waals surface area contributed by atoms with Crippen LogP contribution in [0.3, 0.4) is 0 Å². The smallest absolute Gasteiger partial charge is 0.275 e. The molecule has 116 valence electrons. The first-order chi connectivity index (χ1) is 13.2. The third-order valence-corrected chi connectivity index (χ3v) is 3.74. The van der Waals surface area contributed by atoms with Crippen molar-refractivity contribution in [1.82, 2.24) is 4.90 Å². The fourth-order valence-corrected chi connectivity index (χ4v) is 2.62. The fraction of sp³-hybridized carbons (Fsp3) is 0.438. The van der Waals surface area contributed by atoms with E-state index in [1.807, 2.05) is 0 Å². The molecule has 6 heteroatoms. The lowest BCUT2D eigenvalue weighted by molar-refractivity contribution is -0.132. The normalized spacial score (nSPS) is 38.0. The number of aliphatic imine (C=N–C) groups is 1. The summed E-state index contributed by atoms with van der Waals surface area (Å²) in [5, 5.41) is -1.21. The molecule has 0 radical (unpaired) electrons. The second-order valence-corrected chi connectivity index (χ2v) is 5.60. The average Bonchev–Trinajstić information content (AvgIpc) is 2.93. The summed E-state index contributed by atoms with van der Waals surface area (Å²) in [6.45, 7) is -3.16. The zero-order valence-electron chi connectivity index (χ0n) is 18.3. The van der Waals surface area contributed by atoms with Crippen molar-refractivity contribution in [2.24, 2.45) is 4.99 Å². The first-order valence-electron chi connectivity index (χ1n) is 10.1. The van der Waals surface area contributed by atoms with Gasteiger partial charge in [0.15, 0.2) is 0 Å². The van der Waals surface area contributed by atoms with Crippen LogP contribution < -0.4 is 0 Å². The molecule has 1 spiro atoms. The van der Waals surface area contributed by atoms with Gasteiger partial charge in [-0.15, -0.1) is 0 Å². The summed E-state index contributed by atoms with van der Waals surface area (Å²) in [5.41, 5.74) is -2.54. The van der Waals surface area contributed by atoms with E-state index < -0.39 is 42.5 Å². The van der Waals surface area contributed by atoms with Crippen molar-refractivity contribution >= 4 is 40.1 Å². The Hall–Kier alpha value is -1.39. The van der Waals surface area contributed by atoms with Crippen LogP contribution in [-0.4, -0.2) is 33.9 Å². The highest BCUT2D eigenvalue weighted by Crippen LogP contribution is 2.39. The van der Waals surface area contributed by atoms with Crippen LogP contribution in [0, 0.1) is 0 Å². The Morgan fingerprint density at radius 1 is 1.45 bits per heavy atom. The van der Waals surface area contributed by atoms with Gasteiger partial charge in [-0.1, -0.05) is 30.1 Å². The molecular formula is C16H16Cl2N2O2. The van der Waals surface area contributed by atoms with E-state index in [9.17, 15) is 9.59 Å². The van der Waals surface area contributed by atoms with E-state index in [1.54, 1.807) is 0 Å². The van der Waals surface area contributed by atoms with Crippen molar-refractivity contribution in [2.45, 2.75) is 37.6 Å². The van der Waals surface area contributed by atoms with Crippen molar-refractivity contribution in [3.05, 3.63) is 34.9 Å². The summed E-state index contributed by atoms with van der Waals surface area (Å²) in [6, 6.07) is 5.76. The Kier molecular flexibility index (Phi) is 2.47. The molecule has 1 amide bonds. The number of carbonyl (C=O) groups excluding carboxylic acids is 2. The standard InChI is InChI=1S/C16H16Cl2N2O2/c17-12-6-4-11(5-7-12)14-15(22)20(10-13(18)21)16(19-14)8-2-1-3-9-16/h4-7H,1-3,8-10H2/i1D,2D2,8D2,10D2. The molecule has 0 saturated heterocycles. The molecular weight excluding hydrogens is 323 g/mol. The molecule has 1 saturated carbocycles. The van der Waals surface area contributed by atoms with E-state index in [-0.39, 0.29) is 24.1 Å². The van der Waals surface area contributed by atoms with Gasteiger partial charge in [0.05, 0.1) is 9.24 Å². The first kappa shape index (κ1) is 9.04. The summed E-state index contributed by atoms with van der Waals surface area (Å²) >= 11 is 11.2. The molecule has 2 unspecified atom stereocenters. The Balaban J connectivity index is 2.28. The molecule has 0 aromatic heterocycles. The Morgan fingerprint density at radius 3 is 2.86 bits per heavy atom. The van der Waals surface area contributed by atoms with Crippen LogP contribution >= 0.6 is 23.2 Å². The van der Waals surface area contributed by atoms with Gasteiger partial charge in [-0.3, -0.25) is 14.6 Å². The number of halogens is 2. The summed E-state index contributed by atoms with van der Waals surface area (Å²) in [4.78, 5) is 29.5. The molecule has 1 fully saturated rings. The van der Waals surface area contributed by atoms with E-state index in [4.69, 9.17) is 32.8 Å². The van der Waals surface area contributed by atoms with Gasteiger partial charge in [-0.2, -0.15) is 0 Å². The monoisotopic (exact) mass is 345 g/mol. The van der Waals surface area contributed by atoms with Crippen molar-refractivity contribution in [3.8, 4) is 0 Å². The Morgan fingerprint density at radius 2 is 2.18 bits per heavy atom. The van der Waals surface area contributed by atoms with Gasteiger partial charge in [-0.05, 0) is 49.3 Å². The van der Waals surface area contributed by atoms with Crippen LogP contribution in [0.2, 0.25) is 5.02 Å². The van der Waals surface area contributed by atoms with Crippen LogP contribution in [0.15, 0.2) is 29.3 Å². The summed E-state index contributed by atoms with van der Waals surface area (Å²) in [5.74, 6) is -1.10. The molecule has 1 aromatic carbocycles. The maximum atomic E-state index is 13.2. The maximum Gasteiger partial charge on any atom is 0.275 e. The van der Waals surface area contributed by atoms with Crippen molar-refractivity contribution in [2.75, 3.05) is 6.50 Å². The summed E-state index contributed by atoms with van der Waals surface area (Å²) < 4.78 is 57.2. The van der Waals surface area contributed by atoms with Crippen LogP contribution in [0.5, 0.6) is 0 Å².